The molecule has 0 spiro atoms. The molecule has 1 aromatic heterocycles. The maximum atomic E-state index is 12.6. The molecule has 0 bridgehead atoms. The first kappa shape index (κ1) is 17.9. The number of para-hydroxylation sites is 2. The molecule has 1 aliphatic rings. The van der Waals surface area contributed by atoms with E-state index in [1.165, 1.54) is 0 Å². The minimum absolute atomic E-state index is 0.0985. The zero-order valence-corrected chi connectivity index (χ0v) is 15.1. The van der Waals surface area contributed by atoms with Gasteiger partial charge in [0.25, 0.3) is 0 Å². The molecular formula is C18H22N4O4. The third kappa shape index (κ3) is 3.68. The van der Waals surface area contributed by atoms with Crippen molar-refractivity contribution in [1.82, 2.24) is 15.5 Å². The number of rotatable bonds is 6. The maximum absolute atomic E-state index is 12.6. The fourth-order valence-electron chi connectivity index (χ4n) is 2.96. The average Bonchev–Trinajstić information content (AvgIpc) is 3.22. The van der Waals surface area contributed by atoms with Crippen LogP contribution >= 0.6 is 0 Å². The fourth-order valence-corrected chi connectivity index (χ4v) is 2.96. The van der Waals surface area contributed by atoms with E-state index in [9.17, 15) is 9.59 Å². The van der Waals surface area contributed by atoms with Gasteiger partial charge in [0.05, 0.1) is 18.2 Å². The number of nitrogens with one attached hydrogen (secondary N) is 1. The van der Waals surface area contributed by atoms with Gasteiger partial charge in [-0.15, -0.1) is 0 Å². The largest absolute Gasteiger partial charge is 0.492 e. The van der Waals surface area contributed by atoms with E-state index in [2.05, 4.69) is 15.5 Å². The molecule has 2 atom stereocenters. The summed E-state index contributed by atoms with van der Waals surface area (Å²) in [6.07, 6.45) is 0.155. The monoisotopic (exact) mass is 358 g/mol. The van der Waals surface area contributed by atoms with Gasteiger partial charge >= 0.3 is 0 Å². The number of anilines is 1. The number of benzene rings is 1. The molecule has 8 nitrogen and oxygen atoms in total. The normalized spacial score (nSPS) is 18.0. The Morgan fingerprint density at radius 3 is 2.92 bits per heavy atom. The number of aromatic nitrogens is 2. The van der Waals surface area contributed by atoms with E-state index in [4.69, 9.17) is 9.26 Å². The molecule has 138 valence electrons. The Morgan fingerprint density at radius 2 is 2.23 bits per heavy atom. The Bertz CT molecular complexity index is 804. The molecule has 0 saturated carbocycles. The lowest BCUT2D eigenvalue weighted by Crippen LogP contribution is -2.34. The zero-order chi connectivity index (χ0) is 18.7. The number of nitrogens with zero attached hydrogens (tertiary/aromatic N) is 3. The van der Waals surface area contributed by atoms with E-state index >= 15 is 0 Å². The predicted octanol–water partition coefficient (Wildman–Crippen LogP) is 2.01. The second kappa shape index (κ2) is 7.55. The van der Waals surface area contributed by atoms with Crippen molar-refractivity contribution in [2.24, 2.45) is 5.92 Å². The lowest BCUT2D eigenvalue weighted by molar-refractivity contribution is -0.127. The number of hydrogen-bond donors (Lipinski definition) is 1. The number of ether oxygens (including phenoxy) is 1. The van der Waals surface area contributed by atoms with Crippen LogP contribution in [-0.2, 0) is 9.59 Å². The number of amides is 2. The van der Waals surface area contributed by atoms with Crippen LogP contribution in [-0.4, -0.2) is 35.1 Å². The van der Waals surface area contributed by atoms with Gasteiger partial charge in [0.15, 0.2) is 5.82 Å². The minimum Gasteiger partial charge on any atom is -0.492 e. The van der Waals surface area contributed by atoms with Crippen molar-refractivity contribution in [1.29, 1.82) is 0 Å². The molecule has 2 aromatic rings. The van der Waals surface area contributed by atoms with E-state index in [1.54, 1.807) is 18.7 Å². The maximum Gasteiger partial charge on any atom is 0.248 e. The molecule has 2 heterocycles. The van der Waals surface area contributed by atoms with E-state index in [0.29, 0.717) is 36.3 Å². The van der Waals surface area contributed by atoms with Crippen molar-refractivity contribution in [2.45, 2.75) is 33.2 Å². The van der Waals surface area contributed by atoms with E-state index in [0.717, 1.165) is 0 Å². The summed E-state index contributed by atoms with van der Waals surface area (Å²) in [5, 5.41) is 6.56. The molecule has 1 saturated heterocycles. The van der Waals surface area contributed by atoms with Crippen LogP contribution < -0.4 is 15.0 Å². The quantitative estimate of drug-likeness (QED) is 0.848. The Hall–Kier alpha value is -2.90. The Morgan fingerprint density at radius 1 is 1.46 bits per heavy atom. The Kier molecular flexibility index (Phi) is 5.20. The molecule has 26 heavy (non-hydrogen) atoms. The second-order valence-corrected chi connectivity index (χ2v) is 6.22. The summed E-state index contributed by atoms with van der Waals surface area (Å²) in [5.74, 6) is 0.744. The fraction of sp³-hybridized carbons (Fsp3) is 0.444. The average molecular weight is 358 g/mol. The molecule has 2 amide bonds. The summed E-state index contributed by atoms with van der Waals surface area (Å²) in [7, 11) is 0. The van der Waals surface area contributed by atoms with Gasteiger partial charge in [-0.25, -0.2) is 0 Å². The van der Waals surface area contributed by atoms with Crippen molar-refractivity contribution in [3.63, 3.8) is 0 Å². The highest BCUT2D eigenvalue weighted by Gasteiger charge is 2.37. The first-order valence-electron chi connectivity index (χ1n) is 8.62. The topological polar surface area (TPSA) is 97.6 Å². The molecule has 1 aliphatic heterocycles. The molecule has 1 N–H and O–H groups in total. The van der Waals surface area contributed by atoms with E-state index < -0.39 is 12.0 Å². The molecule has 3 rings (SSSR count). The van der Waals surface area contributed by atoms with Crippen LogP contribution in [0.5, 0.6) is 5.75 Å². The smallest absolute Gasteiger partial charge is 0.248 e. The van der Waals surface area contributed by atoms with Crippen LogP contribution in [0.25, 0.3) is 0 Å². The highest BCUT2D eigenvalue weighted by atomic mass is 16.5. The molecule has 0 radical (unpaired) electrons. The lowest BCUT2D eigenvalue weighted by atomic mass is 10.1. The summed E-state index contributed by atoms with van der Waals surface area (Å²) in [5.41, 5.74) is 0.690. The van der Waals surface area contributed by atoms with Crippen molar-refractivity contribution in [3.05, 3.63) is 36.0 Å². The highest BCUT2D eigenvalue weighted by Crippen LogP contribution is 2.33. The van der Waals surface area contributed by atoms with Crippen LogP contribution in [0.15, 0.2) is 28.8 Å². The Balaban J connectivity index is 1.68. The predicted molar refractivity (Wildman–Crippen MR) is 93.7 cm³/mol. The van der Waals surface area contributed by atoms with Crippen molar-refractivity contribution >= 4 is 17.5 Å². The number of carbonyl (C=O) groups excluding carboxylic acids is 2. The molecular weight excluding hydrogens is 336 g/mol. The van der Waals surface area contributed by atoms with Crippen LogP contribution in [0.3, 0.4) is 0 Å². The first-order valence-corrected chi connectivity index (χ1v) is 8.62. The van der Waals surface area contributed by atoms with Gasteiger partial charge in [-0.2, -0.15) is 4.98 Å². The lowest BCUT2D eigenvalue weighted by Gasteiger charge is -2.20. The summed E-state index contributed by atoms with van der Waals surface area (Å²) < 4.78 is 10.7. The van der Waals surface area contributed by atoms with Crippen LogP contribution in [0.2, 0.25) is 0 Å². The van der Waals surface area contributed by atoms with Gasteiger partial charge in [-0.05, 0) is 32.9 Å². The standard InChI is InChI=1S/C18H22N4O4/c1-4-25-15-8-6-5-7-14(15)22-10-13(9-16(22)23)17(24)19-11(2)18-20-12(3)21-26-18/h5-8,11,13H,4,9-10H2,1-3H3,(H,19,24). The molecule has 1 aromatic carbocycles. The van der Waals surface area contributed by atoms with Crippen LogP contribution in [0.1, 0.15) is 38.0 Å². The zero-order valence-electron chi connectivity index (χ0n) is 15.1. The van der Waals surface area contributed by atoms with E-state index in [1.807, 2.05) is 31.2 Å². The third-order valence-corrected chi connectivity index (χ3v) is 4.22. The molecule has 2 unspecified atom stereocenters. The minimum atomic E-state index is -0.441. The summed E-state index contributed by atoms with van der Waals surface area (Å²) in [6, 6.07) is 6.93. The molecule has 0 aliphatic carbocycles. The highest BCUT2D eigenvalue weighted by molar-refractivity contribution is 6.01. The van der Waals surface area contributed by atoms with Gasteiger partial charge in [0.1, 0.15) is 11.8 Å². The second-order valence-electron chi connectivity index (χ2n) is 6.22. The van der Waals surface area contributed by atoms with Gasteiger partial charge in [0, 0.05) is 13.0 Å². The van der Waals surface area contributed by atoms with Gasteiger partial charge in [-0.1, -0.05) is 17.3 Å². The van der Waals surface area contributed by atoms with Crippen molar-refractivity contribution < 1.29 is 18.8 Å². The number of aryl methyl sites for hydroxylation is 1. The summed E-state index contributed by atoms with van der Waals surface area (Å²) in [4.78, 5) is 30.7. The van der Waals surface area contributed by atoms with Crippen molar-refractivity contribution in [2.75, 3.05) is 18.1 Å². The SMILES string of the molecule is CCOc1ccccc1N1CC(C(=O)NC(C)c2nc(C)no2)CC1=O. The van der Waals surface area contributed by atoms with Crippen LogP contribution in [0, 0.1) is 12.8 Å². The molecule has 8 heteroatoms. The van der Waals surface area contributed by atoms with E-state index in [-0.39, 0.29) is 18.2 Å². The van der Waals surface area contributed by atoms with Gasteiger partial charge in [0.2, 0.25) is 17.7 Å². The first-order chi connectivity index (χ1) is 12.5. The van der Waals surface area contributed by atoms with Gasteiger partial charge in [-0.3, -0.25) is 9.59 Å². The van der Waals surface area contributed by atoms with Crippen molar-refractivity contribution in [3.8, 4) is 5.75 Å². The number of carbonyl (C=O) groups is 2. The number of hydrogen-bond acceptors (Lipinski definition) is 6. The third-order valence-electron chi connectivity index (χ3n) is 4.22. The summed E-state index contributed by atoms with van der Waals surface area (Å²) in [6.45, 7) is 6.18. The van der Waals surface area contributed by atoms with Gasteiger partial charge < -0.3 is 19.5 Å². The van der Waals surface area contributed by atoms with Crippen LogP contribution in [0.4, 0.5) is 5.69 Å². The Labute approximate surface area is 151 Å². The summed E-state index contributed by atoms with van der Waals surface area (Å²) >= 11 is 0. The molecule has 1 fully saturated rings.